The van der Waals surface area contributed by atoms with E-state index in [2.05, 4.69) is 41.5 Å². The number of amides is 1. The van der Waals surface area contributed by atoms with Crippen LogP contribution in [0.3, 0.4) is 0 Å². The summed E-state index contributed by atoms with van der Waals surface area (Å²) in [6.07, 6.45) is 6.06. The summed E-state index contributed by atoms with van der Waals surface area (Å²) in [4.78, 5) is 19.7. The molecule has 2 aliphatic heterocycles. The lowest BCUT2D eigenvalue weighted by Crippen LogP contribution is -2.31. The van der Waals surface area contributed by atoms with E-state index in [1.807, 2.05) is 0 Å². The number of aryl methyl sites for hydroxylation is 1. The number of pyridine rings is 1. The summed E-state index contributed by atoms with van der Waals surface area (Å²) in [6, 6.07) is 6.81. The van der Waals surface area contributed by atoms with Gasteiger partial charge in [-0.05, 0) is 49.8 Å². The van der Waals surface area contributed by atoms with Gasteiger partial charge in [0.1, 0.15) is 5.65 Å². The van der Waals surface area contributed by atoms with Crippen molar-refractivity contribution >= 4 is 16.9 Å². The average molecular weight is 325 g/mol. The van der Waals surface area contributed by atoms with Crippen molar-refractivity contribution in [3.63, 3.8) is 0 Å². The minimum absolute atomic E-state index is 0.173. The monoisotopic (exact) mass is 325 g/mol. The van der Waals surface area contributed by atoms with Crippen LogP contribution in [0.5, 0.6) is 0 Å². The first kappa shape index (κ1) is 15.7. The summed E-state index contributed by atoms with van der Waals surface area (Å²) in [5.41, 5.74) is 3.56. The molecule has 4 rings (SSSR count). The van der Waals surface area contributed by atoms with Gasteiger partial charge in [-0.3, -0.25) is 4.79 Å². The molecular formula is C20H27N3O. The SMILES string of the molecule is CC(C)c1cc2ccc3nc2n1CCCCCC(=O)N1CCCC31. The Hall–Kier alpha value is -1.84. The van der Waals surface area contributed by atoms with Crippen molar-refractivity contribution in [2.75, 3.05) is 6.54 Å². The molecular weight excluding hydrogens is 298 g/mol. The number of rotatable bonds is 1. The molecule has 4 heteroatoms. The van der Waals surface area contributed by atoms with E-state index in [-0.39, 0.29) is 6.04 Å². The number of carbonyl (C=O) groups excluding carboxylic acids is 1. The van der Waals surface area contributed by atoms with Gasteiger partial charge in [0.25, 0.3) is 0 Å². The third-order valence-electron chi connectivity index (χ3n) is 5.58. The molecule has 0 spiro atoms. The average Bonchev–Trinajstić information content (AvgIpc) is 3.17. The number of hydrogen-bond acceptors (Lipinski definition) is 2. The highest BCUT2D eigenvalue weighted by atomic mass is 16.2. The molecule has 0 saturated carbocycles. The summed E-state index contributed by atoms with van der Waals surface area (Å²) in [7, 11) is 0. The van der Waals surface area contributed by atoms with Crippen molar-refractivity contribution in [2.24, 2.45) is 0 Å². The second-order valence-corrected chi connectivity index (χ2v) is 7.58. The maximum absolute atomic E-state index is 12.6. The van der Waals surface area contributed by atoms with Crippen LogP contribution in [0.15, 0.2) is 18.2 Å². The van der Waals surface area contributed by atoms with E-state index in [9.17, 15) is 4.79 Å². The Morgan fingerprint density at radius 2 is 2.00 bits per heavy atom. The molecule has 2 aromatic heterocycles. The van der Waals surface area contributed by atoms with Crippen LogP contribution < -0.4 is 0 Å². The number of carbonyl (C=O) groups is 1. The first-order valence-electron chi connectivity index (χ1n) is 9.44. The molecule has 2 aromatic rings. The van der Waals surface area contributed by atoms with Gasteiger partial charge >= 0.3 is 0 Å². The fraction of sp³-hybridized carbons (Fsp3) is 0.600. The van der Waals surface area contributed by atoms with E-state index in [1.165, 1.54) is 11.1 Å². The Morgan fingerprint density at radius 3 is 2.83 bits per heavy atom. The normalized spacial score (nSPS) is 22.0. The van der Waals surface area contributed by atoms with E-state index < -0.39 is 0 Å². The number of nitrogens with zero attached hydrogens (tertiary/aromatic N) is 3. The van der Waals surface area contributed by atoms with Gasteiger partial charge in [-0.15, -0.1) is 0 Å². The van der Waals surface area contributed by atoms with Crippen molar-refractivity contribution in [1.82, 2.24) is 14.5 Å². The molecule has 1 amide bonds. The first-order chi connectivity index (χ1) is 11.6. The fourth-order valence-corrected chi connectivity index (χ4v) is 4.30. The second kappa shape index (κ2) is 6.23. The zero-order valence-electron chi connectivity index (χ0n) is 14.8. The maximum Gasteiger partial charge on any atom is 0.223 e. The molecule has 2 bridgehead atoms. The molecule has 1 unspecified atom stereocenters. The minimum atomic E-state index is 0.173. The van der Waals surface area contributed by atoms with Gasteiger partial charge in [0, 0.05) is 30.6 Å². The van der Waals surface area contributed by atoms with E-state index in [1.54, 1.807) is 0 Å². The highest BCUT2D eigenvalue weighted by Gasteiger charge is 2.31. The molecule has 4 heterocycles. The van der Waals surface area contributed by atoms with Crippen molar-refractivity contribution < 1.29 is 4.79 Å². The van der Waals surface area contributed by atoms with E-state index in [0.29, 0.717) is 18.2 Å². The molecule has 0 radical (unpaired) electrons. The molecule has 24 heavy (non-hydrogen) atoms. The van der Waals surface area contributed by atoms with Crippen LogP contribution >= 0.6 is 0 Å². The topological polar surface area (TPSA) is 38.1 Å². The molecule has 0 aromatic carbocycles. The molecule has 4 nitrogen and oxygen atoms in total. The molecule has 1 saturated heterocycles. The summed E-state index contributed by atoms with van der Waals surface area (Å²) in [6.45, 7) is 6.41. The van der Waals surface area contributed by atoms with Gasteiger partial charge in [0.05, 0.1) is 11.7 Å². The highest BCUT2D eigenvalue weighted by Crippen LogP contribution is 2.34. The first-order valence-corrected chi connectivity index (χ1v) is 9.44. The molecule has 1 fully saturated rings. The number of fused-ring (bicyclic) bond motifs is 3. The van der Waals surface area contributed by atoms with Gasteiger partial charge in [-0.1, -0.05) is 20.3 Å². The largest absolute Gasteiger partial charge is 0.334 e. The van der Waals surface area contributed by atoms with Crippen molar-refractivity contribution in [3.8, 4) is 0 Å². The van der Waals surface area contributed by atoms with E-state index >= 15 is 0 Å². The van der Waals surface area contributed by atoms with Crippen molar-refractivity contribution in [2.45, 2.75) is 70.9 Å². The highest BCUT2D eigenvalue weighted by molar-refractivity contribution is 5.79. The standard InChI is InChI=1S/C20H27N3O/c1-14(2)18-13-15-9-10-16-17-7-6-12-22(17)19(24)8-4-3-5-11-23(18)20(15)21-16/h9-10,13-14,17H,3-8,11-12H2,1-2H3. The van der Waals surface area contributed by atoms with Crippen molar-refractivity contribution in [1.29, 1.82) is 0 Å². The van der Waals surface area contributed by atoms with Gasteiger partial charge in [-0.2, -0.15) is 0 Å². The van der Waals surface area contributed by atoms with Crippen LogP contribution in [0.25, 0.3) is 11.0 Å². The minimum Gasteiger partial charge on any atom is -0.334 e. The summed E-state index contributed by atoms with van der Waals surface area (Å²) < 4.78 is 2.42. The molecule has 128 valence electrons. The second-order valence-electron chi connectivity index (χ2n) is 7.58. The predicted octanol–water partition coefficient (Wildman–Crippen LogP) is 4.40. The Morgan fingerprint density at radius 1 is 1.12 bits per heavy atom. The van der Waals surface area contributed by atoms with E-state index in [4.69, 9.17) is 4.98 Å². The summed E-state index contributed by atoms with van der Waals surface area (Å²) in [5.74, 6) is 0.818. The van der Waals surface area contributed by atoms with Gasteiger partial charge < -0.3 is 9.47 Å². The lowest BCUT2D eigenvalue weighted by molar-refractivity contribution is -0.132. The maximum atomic E-state index is 12.6. The predicted molar refractivity (Wildman–Crippen MR) is 96.0 cm³/mol. The lowest BCUT2D eigenvalue weighted by atomic mass is 10.1. The molecule has 0 N–H and O–H groups in total. The van der Waals surface area contributed by atoms with Gasteiger partial charge in [0.15, 0.2) is 0 Å². The zero-order valence-corrected chi connectivity index (χ0v) is 14.8. The molecule has 1 atom stereocenters. The Labute approximate surface area is 143 Å². The lowest BCUT2D eigenvalue weighted by Gasteiger charge is -2.25. The van der Waals surface area contributed by atoms with Crippen LogP contribution in [-0.2, 0) is 11.3 Å². The number of aromatic nitrogens is 2. The number of hydrogen-bond donors (Lipinski definition) is 0. The molecule has 2 aliphatic rings. The van der Waals surface area contributed by atoms with Gasteiger partial charge in [0.2, 0.25) is 5.91 Å². The molecule has 0 aliphatic carbocycles. The summed E-state index contributed by atoms with van der Waals surface area (Å²) >= 11 is 0. The third kappa shape index (κ3) is 2.62. The van der Waals surface area contributed by atoms with Crippen LogP contribution in [0, 0.1) is 0 Å². The quantitative estimate of drug-likeness (QED) is 0.779. The fourth-order valence-electron chi connectivity index (χ4n) is 4.30. The zero-order chi connectivity index (χ0) is 16.7. The van der Waals surface area contributed by atoms with Gasteiger partial charge in [-0.25, -0.2) is 4.98 Å². The third-order valence-corrected chi connectivity index (χ3v) is 5.58. The van der Waals surface area contributed by atoms with Crippen LogP contribution in [0.2, 0.25) is 0 Å². The smallest absolute Gasteiger partial charge is 0.223 e. The Bertz CT molecular complexity index is 762. The van der Waals surface area contributed by atoms with Crippen LogP contribution in [0.1, 0.15) is 75.7 Å². The van der Waals surface area contributed by atoms with Crippen LogP contribution in [0.4, 0.5) is 0 Å². The summed E-state index contributed by atoms with van der Waals surface area (Å²) in [5, 5.41) is 1.23. The van der Waals surface area contributed by atoms with E-state index in [0.717, 1.165) is 56.5 Å². The van der Waals surface area contributed by atoms with Crippen molar-refractivity contribution in [3.05, 3.63) is 29.6 Å². The Kier molecular flexibility index (Phi) is 4.07. The van der Waals surface area contributed by atoms with Crippen LogP contribution in [-0.4, -0.2) is 26.9 Å². The Balaban J connectivity index is 1.85.